The summed E-state index contributed by atoms with van der Waals surface area (Å²) in [6.45, 7) is 0. The van der Waals surface area contributed by atoms with Gasteiger partial charge in [0.1, 0.15) is 6.07 Å². The summed E-state index contributed by atoms with van der Waals surface area (Å²) in [5, 5.41) is 23.4. The number of nitrogens with one attached hydrogen (secondary N) is 1. The first kappa shape index (κ1) is 15.6. The highest BCUT2D eigenvalue weighted by atomic mass is 79.9. The number of non-ortho nitro benzene ring substituents is 1. The van der Waals surface area contributed by atoms with E-state index in [4.69, 9.17) is 28.5 Å². The van der Waals surface area contributed by atoms with Crippen LogP contribution in [0.15, 0.2) is 34.8 Å². The lowest BCUT2D eigenvalue weighted by Gasteiger charge is -2.11. The van der Waals surface area contributed by atoms with Crippen LogP contribution >= 0.6 is 39.1 Å². The molecule has 2 rings (SSSR count). The number of nitrogens with zero attached hydrogens (tertiary/aromatic N) is 2. The topological polar surface area (TPSA) is 79.0 Å². The fourth-order valence-corrected chi connectivity index (χ4v) is 2.44. The Bertz CT molecular complexity index is 775. The lowest BCUT2D eigenvalue weighted by molar-refractivity contribution is -0.384. The van der Waals surface area contributed by atoms with Crippen LogP contribution in [-0.4, -0.2) is 4.92 Å². The Morgan fingerprint density at radius 2 is 1.86 bits per heavy atom. The molecule has 0 radical (unpaired) electrons. The summed E-state index contributed by atoms with van der Waals surface area (Å²) in [7, 11) is 0. The predicted octanol–water partition coefficient (Wildman–Crippen LogP) is 5.28. The number of hydrogen-bond acceptors (Lipinski definition) is 4. The SMILES string of the molecule is N#Cc1cc([N+](=O)[O-])ccc1Nc1ccc(Br)c(Cl)c1Cl. The molecule has 0 saturated heterocycles. The third-order valence-corrected chi connectivity index (χ3v) is 4.41. The van der Waals surface area contributed by atoms with E-state index in [1.54, 1.807) is 12.1 Å². The molecule has 0 unspecified atom stereocenters. The molecule has 0 aliphatic rings. The van der Waals surface area contributed by atoms with Gasteiger partial charge in [-0.2, -0.15) is 5.26 Å². The van der Waals surface area contributed by atoms with Crippen LogP contribution in [-0.2, 0) is 0 Å². The monoisotopic (exact) mass is 385 g/mol. The van der Waals surface area contributed by atoms with Crippen molar-refractivity contribution in [2.45, 2.75) is 0 Å². The van der Waals surface area contributed by atoms with Crippen molar-refractivity contribution in [3.8, 4) is 6.07 Å². The molecule has 0 amide bonds. The maximum Gasteiger partial charge on any atom is 0.270 e. The molecular weight excluding hydrogens is 381 g/mol. The van der Waals surface area contributed by atoms with Gasteiger partial charge in [-0.3, -0.25) is 10.1 Å². The van der Waals surface area contributed by atoms with Crippen molar-refractivity contribution in [2.24, 2.45) is 0 Å². The van der Waals surface area contributed by atoms with Crippen LogP contribution in [0.2, 0.25) is 10.0 Å². The van der Waals surface area contributed by atoms with E-state index in [0.29, 0.717) is 20.9 Å². The lowest BCUT2D eigenvalue weighted by atomic mass is 10.1. The van der Waals surface area contributed by atoms with Gasteiger partial charge in [0, 0.05) is 16.6 Å². The lowest BCUT2D eigenvalue weighted by Crippen LogP contribution is -1.97. The van der Waals surface area contributed by atoms with E-state index in [-0.39, 0.29) is 16.3 Å². The van der Waals surface area contributed by atoms with Crippen LogP contribution in [0.4, 0.5) is 17.1 Å². The number of nitro groups is 1. The van der Waals surface area contributed by atoms with Crippen molar-refractivity contribution in [3.05, 3.63) is 60.5 Å². The molecule has 2 aromatic carbocycles. The predicted molar refractivity (Wildman–Crippen MR) is 85.3 cm³/mol. The van der Waals surface area contributed by atoms with Crippen molar-refractivity contribution in [1.29, 1.82) is 5.26 Å². The highest BCUT2D eigenvalue weighted by molar-refractivity contribution is 9.10. The zero-order chi connectivity index (χ0) is 15.6. The van der Waals surface area contributed by atoms with Crippen molar-refractivity contribution in [1.82, 2.24) is 0 Å². The fourth-order valence-electron chi connectivity index (χ4n) is 1.61. The van der Waals surface area contributed by atoms with Crippen LogP contribution in [0.1, 0.15) is 5.56 Å². The summed E-state index contributed by atoms with van der Waals surface area (Å²) >= 11 is 15.4. The Hall–Kier alpha value is -1.81. The van der Waals surface area contributed by atoms with E-state index in [9.17, 15) is 10.1 Å². The van der Waals surface area contributed by atoms with Gasteiger partial charge in [-0.05, 0) is 34.1 Å². The third-order valence-electron chi connectivity index (χ3n) is 2.64. The maximum atomic E-state index is 10.7. The first-order valence-corrected chi connectivity index (χ1v) is 7.08. The zero-order valence-corrected chi connectivity index (χ0v) is 13.3. The second-order valence-electron chi connectivity index (χ2n) is 3.95. The standard InChI is InChI=1S/C13H6BrCl2N3O2/c14-9-2-4-11(13(16)12(9)15)18-10-3-1-8(19(20)21)5-7(10)6-17/h1-5,18H. The number of anilines is 2. The average molecular weight is 387 g/mol. The van der Waals surface area contributed by atoms with E-state index in [1.165, 1.54) is 18.2 Å². The minimum absolute atomic E-state index is 0.138. The average Bonchev–Trinajstić information content (AvgIpc) is 2.48. The van der Waals surface area contributed by atoms with E-state index in [2.05, 4.69) is 21.2 Å². The summed E-state index contributed by atoms with van der Waals surface area (Å²) in [5.41, 5.74) is 0.884. The van der Waals surface area contributed by atoms with Gasteiger partial charge in [-0.25, -0.2) is 0 Å². The number of benzene rings is 2. The molecular formula is C13H6BrCl2N3O2. The van der Waals surface area contributed by atoms with Crippen LogP contribution in [0.3, 0.4) is 0 Å². The Labute approximate surface area is 138 Å². The van der Waals surface area contributed by atoms with Gasteiger partial charge in [0.25, 0.3) is 5.69 Å². The molecule has 5 nitrogen and oxygen atoms in total. The molecule has 0 aliphatic carbocycles. The van der Waals surface area contributed by atoms with E-state index in [1.807, 2.05) is 6.07 Å². The van der Waals surface area contributed by atoms with Crippen molar-refractivity contribution in [2.75, 3.05) is 5.32 Å². The molecule has 0 fully saturated rings. The Morgan fingerprint density at radius 3 is 2.48 bits per heavy atom. The first-order valence-electron chi connectivity index (χ1n) is 5.53. The zero-order valence-electron chi connectivity index (χ0n) is 10.2. The molecule has 0 saturated carbocycles. The Morgan fingerprint density at radius 1 is 1.19 bits per heavy atom. The molecule has 8 heteroatoms. The van der Waals surface area contributed by atoms with Gasteiger partial charge in [0.2, 0.25) is 0 Å². The molecule has 106 valence electrons. The smallest absolute Gasteiger partial charge is 0.270 e. The quantitative estimate of drug-likeness (QED) is 0.442. The third kappa shape index (κ3) is 3.27. The molecule has 0 aliphatic heterocycles. The molecule has 2 aromatic rings. The van der Waals surface area contributed by atoms with Gasteiger partial charge in [0.05, 0.1) is 31.9 Å². The van der Waals surface area contributed by atoms with Gasteiger partial charge < -0.3 is 5.32 Å². The molecule has 0 spiro atoms. The number of nitro benzene ring substituents is 1. The second kappa shape index (κ2) is 6.31. The van der Waals surface area contributed by atoms with Crippen LogP contribution in [0.25, 0.3) is 0 Å². The molecule has 0 bridgehead atoms. The summed E-state index contributed by atoms with van der Waals surface area (Å²) in [6, 6.07) is 9.23. The normalized spacial score (nSPS) is 10.0. The van der Waals surface area contributed by atoms with Crippen molar-refractivity contribution >= 4 is 56.2 Å². The van der Waals surface area contributed by atoms with Gasteiger partial charge in [0.15, 0.2) is 0 Å². The van der Waals surface area contributed by atoms with E-state index in [0.717, 1.165) is 0 Å². The number of hydrogen-bond donors (Lipinski definition) is 1. The second-order valence-corrected chi connectivity index (χ2v) is 5.56. The Balaban J connectivity index is 2.43. The molecule has 0 atom stereocenters. The minimum atomic E-state index is -0.561. The number of rotatable bonds is 3. The fraction of sp³-hybridized carbons (Fsp3) is 0. The van der Waals surface area contributed by atoms with Crippen LogP contribution in [0, 0.1) is 21.4 Å². The highest BCUT2D eigenvalue weighted by Crippen LogP contribution is 2.37. The molecule has 21 heavy (non-hydrogen) atoms. The van der Waals surface area contributed by atoms with Crippen molar-refractivity contribution in [3.63, 3.8) is 0 Å². The largest absolute Gasteiger partial charge is 0.353 e. The number of nitriles is 1. The van der Waals surface area contributed by atoms with Gasteiger partial charge in [-0.1, -0.05) is 23.2 Å². The van der Waals surface area contributed by atoms with Gasteiger partial charge in [-0.15, -0.1) is 0 Å². The van der Waals surface area contributed by atoms with Crippen molar-refractivity contribution < 1.29 is 4.92 Å². The summed E-state index contributed by atoms with van der Waals surface area (Å²) in [5.74, 6) is 0. The van der Waals surface area contributed by atoms with Crippen LogP contribution in [0.5, 0.6) is 0 Å². The summed E-state index contributed by atoms with van der Waals surface area (Å²) in [4.78, 5) is 10.1. The van der Waals surface area contributed by atoms with E-state index < -0.39 is 4.92 Å². The van der Waals surface area contributed by atoms with E-state index >= 15 is 0 Å². The first-order chi connectivity index (χ1) is 9.93. The summed E-state index contributed by atoms with van der Waals surface area (Å²) in [6.07, 6.45) is 0. The summed E-state index contributed by atoms with van der Waals surface area (Å²) < 4.78 is 0.643. The number of halogens is 3. The molecule has 0 heterocycles. The van der Waals surface area contributed by atoms with Gasteiger partial charge >= 0.3 is 0 Å². The highest BCUT2D eigenvalue weighted by Gasteiger charge is 2.13. The maximum absolute atomic E-state index is 10.7. The van der Waals surface area contributed by atoms with Crippen LogP contribution < -0.4 is 5.32 Å². The Kier molecular flexibility index (Phi) is 4.68. The molecule has 1 N–H and O–H groups in total. The minimum Gasteiger partial charge on any atom is -0.353 e. The molecule has 0 aromatic heterocycles.